The lowest BCUT2D eigenvalue weighted by Crippen LogP contribution is -2.45. The number of ether oxygens (including phenoxy) is 3. The van der Waals surface area contributed by atoms with Crippen molar-refractivity contribution in [1.29, 1.82) is 0 Å². The molecule has 8 heteroatoms. The zero-order valence-electron chi connectivity index (χ0n) is 18.5. The topological polar surface area (TPSA) is 98.2 Å². The summed E-state index contributed by atoms with van der Waals surface area (Å²) in [6, 6.07) is 9.06. The molecule has 1 aromatic carbocycles. The molecule has 1 unspecified atom stereocenters. The van der Waals surface area contributed by atoms with Crippen LogP contribution in [0.25, 0.3) is 11.1 Å². The average molecular weight is 440 g/mol. The number of piperidine rings is 1. The minimum absolute atomic E-state index is 0.0129. The van der Waals surface area contributed by atoms with Crippen LogP contribution in [-0.4, -0.2) is 52.0 Å². The molecule has 32 heavy (non-hydrogen) atoms. The summed E-state index contributed by atoms with van der Waals surface area (Å²) in [7, 11) is 0. The van der Waals surface area contributed by atoms with Crippen molar-refractivity contribution in [3.63, 3.8) is 0 Å². The third-order valence-electron chi connectivity index (χ3n) is 5.60. The van der Waals surface area contributed by atoms with Crippen molar-refractivity contribution in [3.8, 4) is 16.9 Å². The van der Waals surface area contributed by atoms with E-state index < -0.39 is 11.6 Å². The lowest BCUT2D eigenvalue weighted by Gasteiger charge is -2.38. The van der Waals surface area contributed by atoms with Gasteiger partial charge in [0.25, 0.3) is 0 Å². The number of pyridine rings is 1. The number of hydrogen-bond donors (Lipinski definition) is 1. The number of carboxylic acid groups (broad SMARTS) is 1. The molecule has 2 aromatic rings. The number of likely N-dealkylation sites (tertiary alicyclic amines) is 1. The van der Waals surface area contributed by atoms with Crippen LogP contribution < -0.4 is 4.74 Å². The second-order valence-electron chi connectivity index (χ2n) is 9.16. The number of carboxylic acids is 1. The van der Waals surface area contributed by atoms with Crippen molar-refractivity contribution in [2.24, 2.45) is 5.92 Å². The summed E-state index contributed by atoms with van der Waals surface area (Å²) in [5.74, 6) is -0.0595. The summed E-state index contributed by atoms with van der Waals surface area (Å²) in [5.41, 5.74) is 2.20. The van der Waals surface area contributed by atoms with Crippen LogP contribution in [0.2, 0.25) is 0 Å². The molecule has 3 heterocycles. The van der Waals surface area contributed by atoms with E-state index in [1.165, 1.54) is 6.07 Å². The Labute approximate surface area is 187 Å². The number of nitrogens with zero attached hydrogens (tertiary/aromatic N) is 2. The average Bonchev–Trinajstić information content (AvgIpc) is 2.77. The summed E-state index contributed by atoms with van der Waals surface area (Å²) < 4.78 is 17.6. The molecule has 1 saturated heterocycles. The molecule has 0 aliphatic carbocycles. The fraction of sp³-hybridized carbons (Fsp3) is 0.458. The Hall–Kier alpha value is -3.13. The normalized spacial score (nSPS) is 19.1. The van der Waals surface area contributed by atoms with Gasteiger partial charge in [-0.05, 0) is 57.4 Å². The highest BCUT2D eigenvalue weighted by molar-refractivity contribution is 5.85. The number of hydrogen-bond acceptors (Lipinski definition) is 6. The number of aromatic nitrogens is 1. The summed E-state index contributed by atoms with van der Waals surface area (Å²) in [6.07, 6.45) is 2.52. The Morgan fingerprint density at radius 1 is 1.12 bits per heavy atom. The van der Waals surface area contributed by atoms with Crippen LogP contribution in [0.1, 0.15) is 49.7 Å². The molecule has 1 amide bonds. The zero-order valence-corrected chi connectivity index (χ0v) is 18.5. The fourth-order valence-corrected chi connectivity index (χ4v) is 3.92. The SMILES string of the molecule is CC(C)(C)OC(=O)N1CCC(C2OCc3cc(-c4ccc(C(=O)O)nc4)ccc3O2)CC1. The van der Waals surface area contributed by atoms with Gasteiger partial charge in [0, 0.05) is 36.3 Å². The maximum atomic E-state index is 12.3. The smallest absolute Gasteiger partial charge is 0.410 e. The van der Waals surface area contributed by atoms with Gasteiger partial charge < -0.3 is 24.2 Å². The second kappa shape index (κ2) is 8.78. The number of carbonyl (C=O) groups excluding carboxylic acids is 1. The van der Waals surface area contributed by atoms with Gasteiger partial charge in [0.15, 0.2) is 0 Å². The van der Waals surface area contributed by atoms with Gasteiger partial charge in [0.2, 0.25) is 6.29 Å². The highest BCUT2D eigenvalue weighted by Crippen LogP contribution is 2.35. The first-order valence-corrected chi connectivity index (χ1v) is 10.8. The van der Waals surface area contributed by atoms with E-state index in [2.05, 4.69) is 4.98 Å². The molecule has 8 nitrogen and oxygen atoms in total. The highest BCUT2D eigenvalue weighted by Gasteiger charge is 2.34. The molecular weight excluding hydrogens is 412 g/mol. The molecule has 1 fully saturated rings. The van der Waals surface area contributed by atoms with Gasteiger partial charge in [-0.15, -0.1) is 0 Å². The Bertz CT molecular complexity index is 991. The predicted octanol–water partition coefficient (Wildman–Crippen LogP) is 4.33. The molecule has 4 rings (SSSR count). The van der Waals surface area contributed by atoms with Crippen LogP contribution in [0.15, 0.2) is 36.5 Å². The van der Waals surface area contributed by atoms with Crippen LogP contribution >= 0.6 is 0 Å². The maximum Gasteiger partial charge on any atom is 0.410 e. The second-order valence-corrected chi connectivity index (χ2v) is 9.16. The van der Waals surface area contributed by atoms with Gasteiger partial charge in [-0.25, -0.2) is 14.6 Å². The standard InChI is InChI=1S/C24H28N2O6/c1-24(2,3)32-23(29)26-10-8-15(9-11-26)22-30-14-18-12-16(5-7-20(18)31-22)17-4-6-19(21(27)28)25-13-17/h4-7,12-13,15,22H,8-11,14H2,1-3H3,(H,27,28). The summed E-state index contributed by atoms with van der Waals surface area (Å²) >= 11 is 0. The molecule has 2 aliphatic rings. The number of aromatic carboxylic acids is 1. The maximum absolute atomic E-state index is 12.3. The lowest BCUT2D eigenvalue weighted by molar-refractivity contribution is -0.149. The summed E-state index contributed by atoms with van der Waals surface area (Å²) in [6.45, 7) is 7.27. The van der Waals surface area contributed by atoms with Crippen LogP contribution in [0.5, 0.6) is 5.75 Å². The van der Waals surface area contributed by atoms with E-state index in [0.29, 0.717) is 19.7 Å². The van der Waals surface area contributed by atoms with Crippen LogP contribution in [0.4, 0.5) is 4.79 Å². The van der Waals surface area contributed by atoms with E-state index in [4.69, 9.17) is 19.3 Å². The number of benzene rings is 1. The van der Waals surface area contributed by atoms with Crippen molar-refractivity contribution in [1.82, 2.24) is 9.88 Å². The van der Waals surface area contributed by atoms with E-state index >= 15 is 0 Å². The van der Waals surface area contributed by atoms with Gasteiger partial charge in [-0.2, -0.15) is 0 Å². The Kier molecular flexibility index (Phi) is 6.06. The Balaban J connectivity index is 1.36. The molecule has 0 radical (unpaired) electrons. The quantitative estimate of drug-likeness (QED) is 0.758. The van der Waals surface area contributed by atoms with Crippen molar-refractivity contribution in [3.05, 3.63) is 47.8 Å². The third kappa shape index (κ3) is 5.02. The van der Waals surface area contributed by atoms with Crippen molar-refractivity contribution in [2.45, 2.75) is 52.1 Å². The zero-order chi connectivity index (χ0) is 22.9. The number of amides is 1. The monoisotopic (exact) mass is 440 g/mol. The number of carbonyl (C=O) groups is 2. The first-order chi connectivity index (χ1) is 15.2. The molecule has 170 valence electrons. The molecule has 1 atom stereocenters. The van der Waals surface area contributed by atoms with Crippen LogP contribution in [-0.2, 0) is 16.1 Å². The fourth-order valence-electron chi connectivity index (χ4n) is 3.92. The van der Waals surface area contributed by atoms with Gasteiger partial charge in [-0.1, -0.05) is 12.1 Å². The molecule has 1 N–H and O–H groups in total. The summed E-state index contributed by atoms with van der Waals surface area (Å²) in [5, 5.41) is 9.00. The summed E-state index contributed by atoms with van der Waals surface area (Å²) in [4.78, 5) is 29.0. The van der Waals surface area contributed by atoms with E-state index in [0.717, 1.165) is 35.3 Å². The minimum Gasteiger partial charge on any atom is -0.477 e. The molecular formula is C24H28N2O6. The van der Waals surface area contributed by atoms with E-state index in [1.807, 2.05) is 39.0 Å². The minimum atomic E-state index is -1.05. The first-order valence-electron chi connectivity index (χ1n) is 10.8. The molecule has 1 aromatic heterocycles. The highest BCUT2D eigenvalue weighted by atomic mass is 16.7. The largest absolute Gasteiger partial charge is 0.477 e. The van der Waals surface area contributed by atoms with E-state index in [1.54, 1.807) is 17.2 Å². The van der Waals surface area contributed by atoms with E-state index in [-0.39, 0.29) is 24.0 Å². The molecule has 0 saturated carbocycles. The van der Waals surface area contributed by atoms with Crippen LogP contribution in [0, 0.1) is 5.92 Å². The van der Waals surface area contributed by atoms with Crippen LogP contribution in [0.3, 0.4) is 0 Å². The first kappa shape index (κ1) is 22.1. The van der Waals surface area contributed by atoms with Gasteiger partial charge >= 0.3 is 12.1 Å². The van der Waals surface area contributed by atoms with E-state index in [9.17, 15) is 9.59 Å². The molecule has 2 aliphatic heterocycles. The van der Waals surface area contributed by atoms with Gasteiger partial charge in [0.1, 0.15) is 17.0 Å². The number of rotatable bonds is 3. The van der Waals surface area contributed by atoms with Gasteiger partial charge in [0.05, 0.1) is 6.61 Å². The van der Waals surface area contributed by atoms with Crippen molar-refractivity contribution >= 4 is 12.1 Å². The Morgan fingerprint density at radius 2 is 1.84 bits per heavy atom. The lowest BCUT2D eigenvalue weighted by atomic mass is 9.95. The third-order valence-corrected chi connectivity index (χ3v) is 5.60. The molecule has 0 spiro atoms. The number of fused-ring (bicyclic) bond motifs is 1. The predicted molar refractivity (Wildman–Crippen MR) is 116 cm³/mol. The van der Waals surface area contributed by atoms with Gasteiger partial charge in [-0.3, -0.25) is 0 Å². The van der Waals surface area contributed by atoms with Crippen molar-refractivity contribution in [2.75, 3.05) is 13.1 Å². The van der Waals surface area contributed by atoms with Crippen molar-refractivity contribution < 1.29 is 28.9 Å². The Morgan fingerprint density at radius 3 is 2.47 bits per heavy atom. The molecule has 0 bridgehead atoms.